The fraction of sp³-hybridized carbons (Fsp3) is 0.765. The van der Waals surface area contributed by atoms with Crippen LogP contribution >= 0.6 is 0 Å². The molecule has 0 N–H and O–H groups in total. The van der Waals surface area contributed by atoms with Gasteiger partial charge in [0.15, 0.2) is 0 Å². The number of rotatable bonds is 0. The number of fused-ring (bicyclic) bond motifs is 4. The molecule has 4 unspecified atom stereocenters. The number of piperidine rings is 1. The van der Waals surface area contributed by atoms with E-state index in [1.54, 1.807) is 0 Å². The van der Waals surface area contributed by atoms with Crippen molar-refractivity contribution in [2.45, 2.75) is 59.0 Å². The number of imide groups is 2. The molecule has 2 aliphatic heterocycles. The third kappa shape index (κ3) is 2.00. The highest BCUT2D eigenvalue weighted by atomic mass is 16.2. The molecule has 23 heavy (non-hydrogen) atoms. The first kappa shape index (κ1) is 16.1. The zero-order valence-electron chi connectivity index (χ0n) is 14.5. The molecule has 6 nitrogen and oxygen atoms in total. The predicted molar refractivity (Wildman–Crippen MR) is 81.8 cm³/mol. The van der Waals surface area contributed by atoms with Crippen LogP contribution < -0.4 is 0 Å². The molecule has 2 saturated heterocycles. The Morgan fingerprint density at radius 3 is 1.52 bits per heavy atom. The van der Waals surface area contributed by atoms with Gasteiger partial charge in [0, 0.05) is 17.5 Å². The normalized spacial score (nSPS) is 34.5. The highest BCUT2D eigenvalue weighted by Gasteiger charge is 2.70. The number of likely N-dealkylation sites (tertiary alicyclic amines) is 2. The second kappa shape index (κ2) is 4.42. The molecular formula is C17H24N2O4. The molecule has 1 saturated carbocycles. The molecule has 126 valence electrons. The van der Waals surface area contributed by atoms with E-state index >= 15 is 0 Å². The Morgan fingerprint density at radius 2 is 1.09 bits per heavy atom. The van der Waals surface area contributed by atoms with Crippen LogP contribution in [0, 0.1) is 23.7 Å². The predicted octanol–water partition coefficient (Wildman–Crippen LogP) is 1.19. The lowest BCUT2D eigenvalue weighted by molar-refractivity contribution is -0.177. The number of hydrogen-bond donors (Lipinski definition) is 0. The minimum atomic E-state index is -0.612. The van der Waals surface area contributed by atoms with Crippen LogP contribution in [0.5, 0.6) is 0 Å². The van der Waals surface area contributed by atoms with E-state index < -0.39 is 28.8 Å². The van der Waals surface area contributed by atoms with Gasteiger partial charge in [-0.1, -0.05) is 0 Å². The van der Waals surface area contributed by atoms with Gasteiger partial charge in [-0.05, 0) is 47.5 Å². The minimum absolute atomic E-state index is 0.172. The summed E-state index contributed by atoms with van der Waals surface area (Å²) in [5.74, 6) is -2.94. The lowest BCUT2D eigenvalue weighted by atomic mass is 9.54. The number of hydrogen-bond acceptors (Lipinski definition) is 4. The summed E-state index contributed by atoms with van der Waals surface area (Å²) in [6.45, 7) is 10.9. The fourth-order valence-electron chi connectivity index (χ4n) is 4.41. The molecule has 1 aliphatic carbocycles. The van der Waals surface area contributed by atoms with Crippen molar-refractivity contribution in [2.75, 3.05) is 0 Å². The molecule has 0 aromatic heterocycles. The number of carbonyl (C=O) groups excluding carboxylic acids is 4. The first-order valence-electron chi connectivity index (χ1n) is 8.12. The number of amides is 4. The monoisotopic (exact) mass is 320 g/mol. The van der Waals surface area contributed by atoms with Crippen molar-refractivity contribution in [1.82, 2.24) is 9.80 Å². The highest BCUT2D eigenvalue weighted by Crippen LogP contribution is 2.57. The van der Waals surface area contributed by atoms with E-state index in [4.69, 9.17) is 0 Å². The molecule has 0 aromatic rings. The second-order valence-corrected chi connectivity index (χ2v) is 8.87. The van der Waals surface area contributed by atoms with Crippen LogP contribution in [0.25, 0.3) is 0 Å². The van der Waals surface area contributed by atoms with Crippen LogP contribution in [-0.2, 0) is 19.2 Å². The lowest BCUT2D eigenvalue weighted by Gasteiger charge is -2.52. The van der Waals surface area contributed by atoms with Gasteiger partial charge in [0.05, 0.1) is 17.8 Å². The van der Waals surface area contributed by atoms with E-state index in [9.17, 15) is 19.2 Å². The summed E-state index contributed by atoms with van der Waals surface area (Å²) < 4.78 is 0. The summed E-state index contributed by atoms with van der Waals surface area (Å²) in [5, 5.41) is 0. The maximum absolute atomic E-state index is 12.8. The smallest absolute Gasteiger partial charge is 0.234 e. The van der Waals surface area contributed by atoms with Gasteiger partial charge < -0.3 is 0 Å². The van der Waals surface area contributed by atoms with Crippen molar-refractivity contribution >= 4 is 23.6 Å². The van der Waals surface area contributed by atoms with E-state index in [1.807, 2.05) is 41.5 Å². The minimum Gasteiger partial charge on any atom is -0.277 e. The third-order valence-corrected chi connectivity index (χ3v) is 5.21. The van der Waals surface area contributed by atoms with Gasteiger partial charge in [-0.25, -0.2) is 0 Å². The van der Waals surface area contributed by atoms with Crippen LogP contribution in [0.4, 0.5) is 0 Å². The Balaban J connectivity index is 1.96. The molecule has 4 amide bonds. The maximum atomic E-state index is 12.8. The summed E-state index contributed by atoms with van der Waals surface area (Å²) in [7, 11) is 0. The number of nitrogens with zero attached hydrogens (tertiary/aromatic N) is 2. The maximum Gasteiger partial charge on any atom is 0.234 e. The van der Waals surface area contributed by atoms with Gasteiger partial charge in [0.1, 0.15) is 0 Å². The van der Waals surface area contributed by atoms with E-state index in [0.29, 0.717) is 0 Å². The van der Waals surface area contributed by atoms with Crippen molar-refractivity contribution in [3.05, 3.63) is 0 Å². The first-order valence-corrected chi connectivity index (χ1v) is 8.12. The SMILES string of the molecule is CC(C)(C)N1C(=O)CC2C(C1=O)C1C(=O)N(C(C)(C)C)C(=O)C21. The van der Waals surface area contributed by atoms with E-state index in [-0.39, 0.29) is 36.0 Å². The van der Waals surface area contributed by atoms with Crippen molar-refractivity contribution in [2.24, 2.45) is 23.7 Å². The van der Waals surface area contributed by atoms with Crippen LogP contribution in [-0.4, -0.2) is 44.5 Å². The molecule has 4 atom stereocenters. The Labute approximate surface area is 136 Å². The molecular weight excluding hydrogens is 296 g/mol. The lowest BCUT2D eigenvalue weighted by Crippen LogP contribution is -2.65. The Bertz CT molecular complexity index is 613. The fourth-order valence-corrected chi connectivity index (χ4v) is 4.41. The van der Waals surface area contributed by atoms with E-state index in [2.05, 4.69) is 0 Å². The van der Waals surface area contributed by atoms with Gasteiger partial charge in [-0.3, -0.25) is 29.0 Å². The van der Waals surface area contributed by atoms with Crippen LogP contribution in [0.3, 0.4) is 0 Å². The topological polar surface area (TPSA) is 74.8 Å². The molecule has 0 bridgehead atoms. The van der Waals surface area contributed by atoms with Gasteiger partial charge >= 0.3 is 0 Å². The molecule has 0 spiro atoms. The van der Waals surface area contributed by atoms with E-state index in [0.717, 1.165) is 0 Å². The van der Waals surface area contributed by atoms with Crippen LogP contribution in [0.1, 0.15) is 48.0 Å². The summed E-state index contributed by atoms with van der Waals surface area (Å²) in [6, 6.07) is 0. The standard InChI is InChI=1S/C17H24N2O4/c1-16(2,3)18-9(20)7-8-10(13(18)21)12-11(8)14(22)19(15(12)23)17(4,5)6/h8,10-12H,7H2,1-6H3. The average Bonchev–Trinajstić information content (AvgIpc) is 2.50. The second-order valence-electron chi connectivity index (χ2n) is 8.87. The highest BCUT2D eigenvalue weighted by molar-refractivity contribution is 6.13. The molecule has 2 heterocycles. The summed E-state index contributed by atoms with van der Waals surface area (Å²) in [4.78, 5) is 53.1. The molecule has 3 aliphatic rings. The van der Waals surface area contributed by atoms with Crippen LogP contribution in [0.2, 0.25) is 0 Å². The molecule has 0 aromatic carbocycles. The van der Waals surface area contributed by atoms with E-state index in [1.165, 1.54) is 9.80 Å². The van der Waals surface area contributed by atoms with Gasteiger partial charge in [-0.15, -0.1) is 0 Å². The van der Waals surface area contributed by atoms with Gasteiger partial charge in [-0.2, -0.15) is 0 Å². The Morgan fingerprint density at radius 1 is 0.696 bits per heavy atom. The van der Waals surface area contributed by atoms with Crippen molar-refractivity contribution in [3.63, 3.8) is 0 Å². The van der Waals surface area contributed by atoms with Gasteiger partial charge in [0.2, 0.25) is 23.6 Å². The number of carbonyl (C=O) groups is 4. The van der Waals surface area contributed by atoms with Gasteiger partial charge in [0.25, 0.3) is 0 Å². The van der Waals surface area contributed by atoms with Crippen LogP contribution in [0.15, 0.2) is 0 Å². The first-order chi connectivity index (χ1) is 10.4. The van der Waals surface area contributed by atoms with Crippen molar-refractivity contribution in [3.8, 4) is 0 Å². The molecule has 6 heteroatoms. The Kier molecular flexibility index (Phi) is 3.11. The molecule has 3 fully saturated rings. The quantitative estimate of drug-likeness (QED) is 0.628. The summed E-state index contributed by atoms with van der Waals surface area (Å²) in [6.07, 6.45) is 0.172. The Hall–Kier alpha value is -1.72. The largest absolute Gasteiger partial charge is 0.277 e. The zero-order valence-corrected chi connectivity index (χ0v) is 14.5. The third-order valence-electron chi connectivity index (χ3n) is 5.21. The average molecular weight is 320 g/mol. The van der Waals surface area contributed by atoms with Crippen molar-refractivity contribution in [1.29, 1.82) is 0 Å². The van der Waals surface area contributed by atoms with Crippen molar-refractivity contribution < 1.29 is 19.2 Å². The summed E-state index contributed by atoms with van der Waals surface area (Å²) in [5.41, 5.74) is -1.22. The summed E-state index contributed by atoms with van der Waals surface area (Å²) >= 11 is 0. The zero-order chi connectivity index (χ0) is 17.5. The molecule has 0 radical (unpaired) electrons. The molecule has 3 rings (SSSR count).